The molecule has 152 valence electrons. The van der Waals surface area contributed by atoms with Crippen molar-refractivity contribution in [2.45, 2.75) is 26.8 Å². The van der Waals surface area contributed by atoms with Gasteiger partial charge in [0.05, 0.1) is 12.9 Å². The Morgan fingerprint density at radius 3 is 2.34 bits per heavy atom. The first-order valence-corrected chi connectivity index (χ1v) is 9.23. The van der Waals surface area contributed by atoms with E-state index in [1.807, 2.05) is 13.8 Å². The van der Waals surface area contributed by atoms with E-state index >= 15 is 0 Å². The van der Waals surface area contributed by atoms with Crippen molar-refractivity contribution < 1.29 is 9.59 Å². The van der Waals surface area contributed by atoms with E-state index < -0.39 is 11.2 Å². The average Bonchev–Trinajstić information content (AvgIpc) is 3.08. The SMILES string of the molecule is CC(C)CC(=O)Nc1ccc(C(=O)Cn2cnc3c2c(=O)n(C)c(=O)n3C)cc1. The number of aromatic nitrogens is 4. The van der Waals surface area contributed by atoms with Crippen LogP contribution in [-0.4, -0.2) is 30.4 Å². The van der Waals surface area contributed by atoms with Crippen molar-refractivity contribution in [1.82, 2.24) is 18.7 Å². The number of hydrogen-bond acceptors (Lipinski definition) is 5. The number of benzene rings is 1. The van der Waals surface area contributed by atoms with Crippen LogP contribution in [0.5, 0.6) is 0 Å². The Morgan fingerprint density at radius 2 is 1.72 bits per heavy atom. The lowest BCUT2D eigenvalue weighted by atomic mass is 10.1. The predicted octanol–water partition coefficient (Wildman–Crippen LogP) is 1.30. The normalized spacial score (nSPS) is 11.2. The molecule has 0 aliphatic heterocycles. The van der Waals surface area contributed by atoms with E-state index in [9.17, 15) is 19.2 Å². The smallest absolute Gasteiger partial charge is 0.326 e. The molecule has 0 spiro atoms. The summed E-state index contributed by atoms with van der Waals surface area (Å²) >= 11 is 0. The number of nitrogens with one attached hydrogen (secondary N) is 1. The van der Waals surface area contributed by atoms with Gasteiger partial charge in [0.2, 0.25) is 5.91 Å². The maximum atomic E-state index is 12.7. The summed E-state index contributed by atoms with van der Waals surface area (Å²) < 4.78 is 3.70. The minimum atomic E-state index is -0.503. The Balaban J connectivity index is 1.82. The van der Waals surface area contributed by atoms with Crippen LogP contribution in [-0.2, 0) is 25.4 Å². The van der Waals surface area contributed by atoms with E-state index in [2.05, 4.69) is 10.3 Å². The maximum absolute atomic E-state index is 12.7. The molecule has 0 radical (unpaired) electrons. The number of amides is 1. The van der Waals surface area contributed by atoms with Gasteiger partial charge in [0.15, 0.2) is 16.9 Å². The first-order chi connectivity index (χ1) is 13.7. The van der Waals surface area contributed by atoms with Crippen molar-refractivity contribution in [1.29, 1.82) is 0 Å². The average molecular weight is 397 g/mol. The van der Waals surface area contributed by atoms with Gasteiger partial charge in [0, 0.05) is 31.8 Å². The summed E-state index contributed by atoms with van der Waals surface area (Å²) in [5.41, 5.74) is 0.500. The van der Waals surface area contributed by atoms with Gasteiger partial charge in [-0.05, 0) is 30.2 Å². The standard InChI is InChI=1S/C20H23N5O4/c1-12(2)9-16(27)22-14-7-5-13(6-8-14)15(26)10-25-11-21-18-17(25)19(28)24(4)20(29)23(18)3/h5-8,11-12H,9-10H2,1-4H3,(H,22,27). The number of hydrogen-bond donors (Lipinski definition) is 1. The van der Waals surface area contributed by atoms with Crippen LogP contribution in [0.2, 0.25) is 0 Å². The van der Waals surface area contributed by atoms with Gasteiger partial charge < -0.3 is 9.88 Å². The Bertz CT molecular complexity index is 1200. The maximum Gasteiger partial charge on any atom is 0.332 e. The lowest BCUT2D eigenvalue weighted by Gasteiger charge is -2.09. The number of ketones is 1. The molecule has 3 aromatic rings. The monoisotopic (exact) mass is 397 g/mol. The number of Topliss-reactive ketones (excluding diaryl/α,β-unsaturated/α-hetero) is 1. The zero-order valence-corrected chi connectivity index (χ0v) is 16.8. The minimum absolute atomic E-state index is 0.0783. The van der Waals surface area contributed by atoms with Gasteiger partial charge in [0.25, 0.3) is 5.56 Å². The van der Waals surface area contributed by atoms with Crippen LogP contribution < -0.4 is 16.6 Å². The highest BCUT2D eigenvalue weighted by Gasteiger charge is 2.16. The van der Waals surface area contributed by atoms with Crippen molar-refractivity contribution in [3.05, 3.63) is 57.0 Å². The predicted molar refractivity (Wildman–Crippen MR) is 109 cm³/mol. The summed E-state index contributed by atoms with van der Waals surface area (Å²) in [6.07, 6.45) is 1.80. The Kier molecular flexibility index (Phi) is 5.49. The highest BCUT2D eigenvalue weighted by Crippen LogP contribution is 2.13. The molecule has 29 heavy (non-hydrogen) atoms. The van der Waals surface area contributed by atoms with Crippen LogP contribution in [0.1, 0.15) is 30.6 Å². The molecule has 0 saturated carbocycles. The molecule has 0 aliphatic carbocycles. The molecule has 0 unspecified atom stereocenters. The zero-order valence-electron chi connectivity index (χ0n) is 16.8. The van der Waals surface area contributed by atoms with E-state index in [1.54, 1.807) is 24.3 Å². The van der Waals surface area contributed by atoms with Crippen LogP contribution in [0.15, 0.2) is 40.2 Å². The Hall–Kier alpha value is -3.49. The van der Waals surface area contributed by atoms with Crippen molar-refractivity contribution >= 4 is 28.5 Å². The molecule has 1 N–H and O–H groups in total. The zero-order chi connectivity index (χ0) is 21.3. The molecule has 3 rings (SSSR count). The number of aryl methyl sites for hydroxylation is 1. The van der Waals surface area contributed by atoms with Gasteiger partial charge in [-0.2, -0.15) is 0 Å². The largest absolute Gasteiger partial charge is 0.332 e. The third-order valence-electron chi connectivity index (χ3n) is 4.62. The third kappa shape index (κ3) is 4.03. The molecule has 1 aromatic carbocycles. The second kappa shape index (κ2) is 7.86. The molecule has 0 aliphatic rings. The molecule has 2 aromatic heterocycles. The summed E-state index contributed by atoms with van der Waals surface area (Å²) in [5.74, 6) is -0.0428. The van der Waals surface area contributed by atoms with Crippen LogP contribution in [0.25, 0.3) is 11.2 Å². The lowest BCUT2D eigenvalue weighted by molar-refractivity contribution is -0.116. The summed E-state index contributed by atoms with van der Waals surface area (Å²) in [4.78, 5) is 53.1. The summed E-state index contributed by atoms with van der Waals surface area (Å²) in [6.45, 7) is 3.84. The van der Waals surface area contributed by atoms with Gasteiger partial charge in [-0.1, -0.05) is 13.8 Å². The van der Waals surface area contributed by atoms with Crippen molar-refractivity contribution in [3.63, 3.8) is 0 Å². The highest BCUT2D eigenvalue weighted by atomic mass is 16.2. The van der Waals surface area contributed by atoms with Crippen LogP contribution in [0.3, 0.4) is 0 Å². The van der Waals surface area contributed by atoms with E-state index in [-0.39, 0.29) is 35.3 Å². The van der Waals surface area contributed by atoms with Crippen LogP contribution >= 0.6 is 0 Å². The van der Waals surface area contributed by atoms with Gasteiger partial charge in [-0.25, -0.2) is 9.78 Å². The van der Waals surface area contributed by atoms with E-state index in [0.717, 1.165) is 4.57 Å². The Morgan fingerprint density at radius 1 is 1.07 bits per heavy atom. The molecule has 0 saturated heterocycles. The molecule has 0 bridgehead atoms. The summed E-state index contributed by atoms with van der Waals surface area (Å²) in [6, 6.07) is 6.58. The van der Waals surface area contributed by atoms with Crippen molar-refractivity contribution in [2.24, 2.45) is 20.0 Å². The van der Waals surface area contributed by atoms with E-state index in [4.69, 9.17) is 0 Å². The second-order valence-corrected chi connectivity index (χ2v) is 7.40. The highest BCUT2D eigenvalue weighted by molar-refractivity contribution is 5.97. The number of fused-ring (bicyclic) bond motifs is 1. The van der Waals surface area contributed by atoms with Crippen LogP contribution in [0, 0.1) is 5.92 Å². The second-order valence-electron chi connectivity index (χ2n) is 7.40. The molecule has 2 heterocycles. The van der Waals surface area contributed by atoms with Crippen molar-refractivity contribution in [2.75, 3.05) is 5.32 Å². The van der Waals surface area contributed by atoms with Gasteiger partial charge in [-0.15, -0.1) is 0 Å². The number of carbonyl (C=O) groups excluding carboxylic acids is 2. The minimum Gasteiger partial charge on any atom is -0.326 e. The number of anilines is 1. The lowest BCUT2D eigenvalue weighted by Crippen LogP contribution is -2.37. The molecule has 9 heteroatoms. The molecular formula is C20H23N5O4. The topological polar surface area (TPSA) is 108 Å². The number of nitrogens with zero attached hydrogens (tertiary/aromatic N) is 4. The molecule has 0 fully saturated rings. The van der Waals surface area contributed by atoms with Gasteiger partial charge >= 0.3 is 5.69 Å². The first kappa shape index (κ1) is 20.2. The molecule has 1 amide bonds. The molecular weight excluding hydrogens is 374 g/mol. The van der Waals surface area contributed by atoms with Crippen LogP contribution in [0.4, 0.5) is 5.69 Å². The third-order valence-corrected chi connectivity index (χ3v) is 4.62. The summed E-state index contributed by atoms with van der Waals surface area (Å²) in [7, 11) is 2.91. The molecule has 0 atom stereocenters. The van der Waals surface area contributed by atoms with E-state index in [1.165, 1.54) is 29.6 Å². The fraction of sp³-hybridized carbons (Fsp3) is 0.350. The Labute approximate surface area is 166 Å². The summed E-state index contributed by atoms with van der Waals surface area (Å²) in [5, 5.41) is 2.79. The van der Waals surface area contributed by atoms with Crippen molar-refractivity contribution in [3.8, 4) is 0 Å². The quantitative estimate of drug-likeness (QED) is 0.631. The molecule has 9 nitrogen and oxygen atoms in total. The number of imidazole rings is 1. The number of carbonyl (C=O) groups is 2. The fourth-order valence-electron chi connectivity index (χ4n) is 3.09. The fourth-order valence-corrected chi connectivity index (χ4v) is 3.09. The first-order valence-electron chi connectivity index (χ1n) is 9.23. The van der Waals surface area contributed by atoms with Gasteiger partial charge in [0.1, 0.15) is 0 Å². The van der Waals surface area contributed by atoms with E-state index in [0.29, 0.717) is 17.7 Å². The van der Waals surface area contributed by atoms with Gasteiger partial charge in [-0.3, -0.25) is 23.5 Å². The number of rotatable bonds is 6.